The molecule has 0 spiro atoms. The highest BCUT2D eigenvalue weighted by atomic mass is 15.2. The van der Waals surface area contributed by atoms with Crippen molar-refractivity contribution in [2.75, 3.05) is 43.0 Å². The quantitative estimate of drug-likeness (QED) is 0.740. The van der Waals surface area contributed by atoms with Crippen molar-refractivity contribution in [1.29, 1.82) is 0 Å². The molecule has 4 N–H and O–H groups in total. The largest absolute Gasteiger partial charge is 0.370 e. The van der Waals surface area contributed by atoms with Gasteiger partial charge in [-0.15, -0.1) is 0 Å². The predicted octanol–water partition coefficient (Wildman–Crippen LogP) is 0.997. The third kappa shape index (κ3) is 3.46. The summed E-state index contributed by atoms with van der Waals surface area (Å²) in [7, 11) is 2.15. The molecule has 0 saturated carbocycles. The van der Waals surface area contributed by atoms with Crippen LogP contribution in [0.1, 0.15) is 19.8 Å². The Kier molecular flexibility index (Phi) is 4.19. The van der Waals surface area contributed by atoms with Crippen LogP contribution in [0.3, 0.4) is 0 Å². The molecule has 1 fully saturated rings. The zero-order valence-electron chi connectivity index (χ0n) is 11.1. The van der Waals surface area contributed by atoms with Crippen molar-refractivity contribution in [1.82, 2.24) is 14.9 Å². The molecule has 1 aromatic rings. The number of nitrogens with two attached hydrogens (primary N) is 1. The van der Waals surface area contributed by atoms with Crippen LogP contribution in [-0.4, -0.2) is 47.6 Å². The number of nitrogens with one attached hydrogen (secondary N) is 2. The fourth-order valence-corrected chi connectivity index (χ4v) is 2.17. The number of likely N-dealkylation sites (tertiary alicyclic amines) is 1. The third-order valence-electron chi connectivity index (χ3n) is 3.17. The standard InChI is InChI=1S/C12H22N6/c1-3-14-10-8-11(17-12(13)16-10)15-9-4-6-18(2)7-5-9/h8-9H,3-7H2,1-2H3,(H4,13,14,15,16,17). The molecule has 0 radical (unpaired) electrons. The minimum atomic E-state index is 0.309. The van der Waals surface area contributed by atoms with Gasteiger partial charge in [-0.3, -0.25) is 0 Å². The maximum atomic E-state index is 5.71. The second kappa shape index (κ2) is 5.86. The molecule has 100 valence electrons. The van der Waals surface area contributed by atoms with Crippen LogP contribution in [0.15, 0.2) is 6.07 Å². The van der Waals surface area contributed by atoms with E-state index in [0.717, 1.165) is 44.1 Å². The van der Waals surface area contributed by atoms with Gasteiger partial charge in [0.2, 0.25) is 5.95 Å². The Bertz CT molecular complexity index is 386. The Morgan fingerprint density at radius 3 is 2.67 bits per heavy atom. The molecule has 2 heterocycles. The highest BCUT2D eigenvalue weighted by molar-refractivity contribution is 5.51. The molecule has 1 aliphatic rings. The van der Waals surface area contributed by atoms with Gasteiger partial charge in [-0.25, -0.2) is 0 Å². The van der Waals surface area contributed by atoms with E-state index in [4.69, 9.17) is 5.73 Å². The van der Waals surface area contributed by atoms with Gasteiger partial charge in [0.1, 0.15) is 11.6 Å². The van der Waals surface area contributed by atoms with Crippen molar-refractivity contribution in [2.24, 2.45) is 0 Å². The number of rotatable bonds is 4. The van der Waals surface area contributed by atoms with Gasteiger partial charge < -0.3 is 21.3 Å². The smallest absolute Gasteiger partial charge is 0.223 e. The number of hydrogen-bond acceptors (Lipinski definition) is 6. The van der Waals surface area contributed by atoms with Gasteiger partial charge in [0.25, 0.3) is 0 Å². The van der Waals surface area contributed by atoms with E-state index in [1.54, 1.807) is 0 Å². The Balaban J connectivity index is 2.00. The van der Waals surface area contributed by atoms with E-state index >= 15 is 0 Å². The topological polar surface area (TPSA) is 79.1 Å². The number of piperidine rings is 1. The Morgan fingerprint density at radius 1 is 1.33 bits per heavy atom. The lowest BCUT2D eigenvalue weighted by atomic mass is 10.1. The molecule has 2 rings (SSSR count). The first-order valence-corrected chi connectivity index (χ1v) is 6.51. The zero-order chi connectivity index (χ0) is 13.0. The highest BCUT2D eigenvalue weighted by Gasteiger charge is 2.17. The molecule has 0 bridgehead atoms. The summed E-state index contributed by atoms with van der Waals surface area (Å²) in [5, 5.41) is 6.60. The van der Waals surface area contributed by atoms with Crippen LogP contribution in [0.5, 0.6) is 0 Å². The SMILES string of the molecule is CCNc1cc(NC2CCN(C)CC2)nc(N)n1. The summed E-state index contributed by atoms with van der Waals surface area (Å²) in [4.78, 5) is 10.7. The molecule has 6 nitrogen and oxygen atoms in total. The minimum absolute atomic E-state index is 0.309. The van der Waals surface area contributed by atoms with Crippen LogP contribution >= 0.6 is 0 Å². The second-order valence-electron chi connectivity index (χ2n) is 4.75. The third-order valence-corrected chi connectivity index (χ3v) is 3.17. The second-order valence-corrected chi connectivity index (χ2v) is 4.75. The van der Waals surface area contributed by atoms with Crippen molar-refractivity contribution in [3.8, 4) is 0 Å². The fourth-order valence-electron chi connectivity index (χ4n) is 2.17. The average Bonchev–Trinajstić information content (AvgIpc) is 2.32. The lowest BCUT2D eigenvalue weighted by Gasteiger charge is -2.29. The maximum absolute atomic E-state index is 5.71. The molecule has 0 amide bonds. The lowest BCUT2D eigenvalue weighted by molar-refractivity contribution is 0.263. The van der Waals surface area contributed by atoms with E-state index < -0.39 is 0 Å². The van der Waals surface area contributed by atoms with Crippen molar-refractivity contribution in [3.63, 3.8) is 0 Å². The summed E-state index contributed by atoms with van der Waals surface area (Å²) in [5.74, 6) is 1.90. The maximum Gasteiger partial charge on any atom is 0.223 e. The summed E-state index contributed by atoms with van der Waals surface area (Å²) in [6, 6.07) is 2.39. The van der Waals surface area contributed by atoms with Crippen LogP contribution in [0.2, 0.25) is 0 Å². The van der Waals surface area contributed by atoms with Gasteiger partial charge in [-0.05, 0) is 39.9 Å². The number of anilines is 3. The van der Waals surface area contributed by atoms with Crippen LogP contribution in [0, 0.1) is 0 Å². The Hall–Kier alpha value is -1.56. The van der Waals surface area contributed by atoms with Crippen molar-refractivity contribution >= 4 is 17.6 Å². The van der Waals surface area contributed by atoms with E-state index in [0.29, 0.717) is 12.0 Å². The molecule has 0 aromatic carbocycles. The first kappa shape index (κ1) is 12.9. The van der Waals surface area contributed by atoms with Gasteiger partial charge in [-0.2, -0.15) is 9.97 Å². The molecule has 0 aliphatic carbocycles. The number of nitrogens with zero attached hydrogens (tertiary/aromatic N) is 3. The van der Waals surface area contributed by atoms with E-state index in [1.807, 2.05) is 13.0 Å². The molecule has 0 atom stereocenters. The molecule has 0 unspecified atom stereocenters. The van der Waals surface area contributed by atoms with Gasteiger partial charge in [0, 0.05) is 18.7 Å². The highest BCUT2D eigenvalue weighted by Crippen LogP contribution is 2.17. The van der Waals surface area contributed by atoms with Crippen LogP contribution in [0.4, 0.5) is 17.6 Å². The Morgan fingerprint density at radius 2 is 2.00 bits per heavy atom. The zero-order valence-corrected chi connectivity index (χ0v) is 11.1. The number of hydrogen-bond donors (Lipinski definition) is 3. The summed E-state index contributed by atoms with van der Waals surface area (Å²) in [6.45, 7) is 5.10. The summed E-state index contributed by atoms with van der Waals surface area (Å²) in [6.07, 6.45) is 2.27. The van der Waals surface area contributed by atoms with Crippen molar-refractivity contribution in [3.05, 3.63) is 6.07 Å². The average molecular weight is 250 g/mol. The van der Waals surface area contributed by atoms with Gasteiger partial charge in [0.05, 0.1) is 0 Å². The van der Waals surface area contributed by atoms with E-state index in [1.165, 1.54) is 0 Å². The lowest BCUT2D eigenvalue weighted by Crippen LogP contribution is -2.36. The van der Waals surface area contributed by atoms with Gasteiger partial charge in [-0.1, -0.05) is 0 Å². The molecule has 6 heteroatoms. The molecule has 1 aliphatic heterocycles. The first-order chi connectivity index (χ1) is 8.67. The van der Waals surface area contributed by atoms with E-state index in [2.05, 4.69) is 32.5 Å². The van der Waals surface area contributed by atoms with E-state index in [9.17, 15) is 0 Å². The number of aromatic nitrogens is 2. The monoisotopic (exact) mass is 250 g/mol. The summed E-state index contributed by atoms with van der Waals surface area (Å²) >= 11 is 0. The number of nitrogen functional groups attached to an aromatic ring is 1. The molecule has 18 heavy (non-hydrogen) atoms. The normalized spacial score (nSPS) is 17.7. The Labute approximate surface area is 108 Å². The fraction of sp³-hybridized carbons (Fsp3) is 0.667. The summed E-state index contributed by atoms with van der Waals surface area (Å²) in [5.41, 5.74) is 5.71. The van der Waals surface area contributed by atoms with E-state index in [-0.39, 0.29) is 0 Å². The van der Waals surface area contributed by atoms with Crippen molar-refractivity contribution in [2.45, 2.75) is 25.8 Å². The van der Waals surface area contributed by atoms with Gasteiger partial charge >= 0.3 is 0 Å². The summed E-state index contributed by atoms with van der Waals surface area (Å²) < 4.78 is 0. The molecular weight excluding hydrogens is 228 g/mol. The molecule has 1 saturated heterocycles. The van der Waals surface area contributed by atoms with Gasteiger partial charge in [0.15, 0.2) is 0 Å². The van der Waals surface area contributed by atoms with Crippen LogP contribution in [0.25, 0.3) is 0 Å². The molecule has 1 aromatic heterocycles. The predicted molar refractivity (Wildman–Crippen MR) is 74.7 cm³/mol. The van der Waals surface area contributed by atoms with Crippen LogP contribution < -0.4 is 16.4 Å². The first-order valence-electron chi connectivity index (χ1n) is 6.51. The molecular formula is C12H22N6. The van der Waals surface area contributed by atoms with Crippen LogP contribution in [-0.2, 0) is 0 Å². The minimum Gasteiger partial charge on any atom is -0.370 e. The van der Waals surface area contributed by atoms with Crippen molar-refractivity contribution < 1.29 is 0 Å².